The van der Waals surface area contributed by atoms with Gasteiger partial charge in [-0.25, -0.2) is 4.39 Å². The first-order valence-electron chi connectivity index (χ1n) is 9.53. The van der Waals surface area contributed by atoms with E-state index in [1.807, 2.05) is 0 Å². The second-order valence-corrected chi connectivity index (χ2v) is 7.71. The van der Waals surface area contributed by atoms with Crippen molar-refractivity contribution in [3.8, 4) is 0 Å². The Bertz CT molecular complexity index is 671. The average molecular weight is 398 g/mol. The number of carbonyl (C=O) groups is 2. The molecule has 5 nitrogen and oxygen atoms in total. The van der Waals surface area contributed by atoms with Gasteiger partial charge in [-0.1, -0.05) is 12.5 Å². The van der Waals surface area contributed by atoms with Crippen LogP contribution >= 0.6 is 12.4 Å². The largest absolute Gasteiger partial charge is 0.354 e. The van der Waals surface area contributed by atoms with Crippen molar-refractivity contribution < 1.29 is 14.0 Å². The van der Waals surface area contributed by atoms with Gasteiger partial charge in [0, 0.05) is 30.6 Å². The van der Waals surface area contributed by atoms with Crippen LogP contribution in [0.4, 0.5) is 4.39 Å². The number of hydrogen-bond donors (Lipinski definition) is 3. The number of aryl methyl sites for hydroxylation is 1. The molecule has 0 radical (unpaired) electrons. The number of amides is 2. The number of benzene rings is 1. The molecule has 2 aliphatic rings. The third-order valence-corrected chi connectivity index (χ3v) is 5.93. The summed E-state index contributed by atoms with van der Waals surface area (Å²) < 4.78 is 13.5. The van der Waals surface area contributed by atoms with Crippen molar-refractivity contribution in [1.82, 2.24) is 10.6 Å². The lowest BCUT2D eigenvalue weighted by Crippen LogP contribution is -2.49. The van der Waals surface area contributed by atoms with Crippen LogP contribution in [0.2, 0.25) is 0 Å². The Labute approximate surface area is 166 Å². The molecule has 2 aliphatic carbocycles. The van der Waals surface area contributed by atoms with Gasteiger partial charge in [0.25, 0.3) is 5.91 Å². The fourth-order valence-electron chi connectivity index (χ4n) is 4.35. The Hall–Kier alpha value is -1.66. The van der Waals surface area contributed by atoms with Crippen molar-refractivity contribution in [3.05, 3.63) is 35.1 Å². The number of halogens is 2. The van der Waals surface area contributed by atoms with Crippen LogP contribution in [0.1, 0.15) is 48.0 Å². The molecule has 2 saturated carbocycles. The van der Waals surface area contributed by atoms with Crippen LogP contribution < -0.4 is 16.4 Å². The molecular weight excluding hydrogens is 369 g/mol. The van der Waals surface area contributed by atoms with Crippen LogP contribution in [0, 0.1) is 30.5 Å². The van der Waals surface area contributed by atoms with Gasteiger partial charge in [0.15, 0.2) is 0 Å². The summed E-state index contributed by atoms with van der Waals surface area (Å²) >= 11 is 0. The summed E-state index contributed by atoms with van der Waals surface area (Å²) in [7, 11) is 0. The molecule has 2 fully saturated rings. The zero-order chi connectivity index (χ0) is 18.7. The van der Waals surface area contributed by atoms with Crippen LogP contribution in [-0.4, -0.2) is 30.9 Å². The van der Waals surface area contributed by atoms with Crippen molar-refractivity contribution in [2.45, 2.75) is 45.1 Å². The summed E-state index contributed by atoms with van der Waals surface area (Å²) in [6.07, 6.45) is 5.23. The SMILES string of the molecule is Cc1ccc(C(=O)NCCNC(=O)C2CC3CCCC(C2)C3N)cc1F.Cl. The van der Waals surface area contributed by atoms with Crippen LogP contribution in [0.25, 0.3) is 0 Å². The third kappa shape index (κ3) is 5.20. The summed E-state index contributed by atoms with van der Waals surface area (Å²) in [5.41, 5.74) is 7.06. The molecule has 0 heterocycles. The molecule has 0 saturated heterocycles. The van der Waals surface area contributed by atoms with Gasteiger partial charge < -0.3 is 16.4 Å². The normalized spacial score (nSPS) is 26.6. The van der Waals surface area contributed by atoms with Gasteiger partial charge in [-0.2, -0.15) is 0 Å². The summed E-state index contributed by atoms with van der Waals surface area (Å²) in [5, 5.41) is 5.63. The predicted octanol–water partition coefficient (Wildman–Crippen LogP) is 2.56. The van der Waals surface area contributed by atoms with Gasteiger partial charge in [0.05, 0.1) is 0 Å². The summed E-state index contributed by atoms with van der Waals surface area (Å²) in [6.45, 7) is 2.34. The second-order valence-electron chi connectivity index (χ2n) is 7.71. The Kier molecular flexibility index (Phi) is 7.62. The molecular formula is C20H29ClFN3O2. The van der Waals surface area contributed by atoms with Gasteiger partial charge in [0.2, 0.25) is 5.91 Å². The van der Waals surface area contributed by atoms with E-state index < -0.39 is 5.82 Å². The third-order valence-electron chi connectivity index (χ3n) is 5.93. The van der Waals surface area contributed by atoms with E-state index in [0.717, 1.165) is 25.7 Å². The monoisotopic (exact) mass is 397 g/mol. The summed E-state index contributed by atoms with van der Waals surface area (Å²) in [6, 6.07) is 4.65. The van der Waals surface area contributed by atoms with E-state index in [-0.39, 0.29) is 41.7 Å². The number of fused-ring (bicyclic) bond motifs is 2. The predicted molar refractivity (Wildman–Crippen MR) is 105 cm³/mol. The molecule has 4 N–H and O–H groups in total. The van der Waals surface area contributed by atoms with E-state index in [9.17, 15) is 14.0 Å². The minimum absolute atomic E-state index is 0. The second kappa shape index (κ2) is 9.51. The highest BCUT2D eigenvalue weighted by molar-refractivity contribution is 5.94. The first-order chi connectivity index (χ1) is 12.5. The summed E-state index contributed by atoms with van der Waals surface area (Å²) in [5.74, 6) is 0.295. The first kappa shape index (κ1) is 21.6. The Morgan fingerprint density at radius 2 is 1.78 bits per heavy atom. The van der Waals surface area contributed by atoms with E-state index in [0.29, 0.717) is 30.5 Å². The number of carbonyl (C=O) groups excluding carboxylic acids is 2. The van der Waals surface area contributed by atoms with Crippen molar-refractivity contribution in [1.29, 1.82) is 0 Å². The van der Waals surface area contributed by atoms with E-state index in [1.165, 1.54) is 12.5 Å². The number of rotatable bonds is 5. The maximum atomic E-state index is 13.5. The maximum absolute atomic E-state index is 13.5. The molecule has 1 aromatic rings. The topological polar surface area (TPSA) is 84.2 Å². The van der Waals surface area contributed by atoms with E-state index >= 15 is 0 Å². The van der Waals surface area contributed by atoms with Crippen molar-refractivity contribution >= 4 is 24.2 Å². The first-order valence-corrected chi connectivity index (χ1v) is 9.53. The van der Waals surface area contributed by atoms with Gasteiger partial charge in [-0.15, -0.1) is 12.4 Å². The molecule has 1 aromatic carbocycles. The van der Waals surface area contributed by atoms with E-state index in [2.05, 4.69) is 10.6 Å². The number of nitrogens with two attached hydrogens (primary N) is 1. The lowest BCUT2D eigenvalue weighted by molar-refractivity contribution is -0.127. The van der Waals surface area contributed by atoms with Crippen LogP contribution in [0.15, 0.2) is 18.2 Å². The highest BCUT2D eigenvalue weighted by Crippen LogP contribution is 2.41. The lowest BCUT2D eigenvalue weighted by Gasteiger charge is -2.43. The summed E-state index contributed by atoms with van der Waals surface area (Å²) in [4.78, 5) is 24.4. The minimum Gasteiger partial charge on any atom is -0.354 e. The molecule has 150 valence electrons. The molecule has 27 heavy (non-hydrogen) atoms. The minimum atomic E-state index is -0.396. The van der Waals surface area contributed by atoms with Crippen molar-refractivity contribution in [2.75, 3.05) is 13.1 Å². The van der Waals surface area contributed by atoms with E-state index in [1.54, 1.807) is 19.1 Å². The fraction of sp³-hybridized carbons (Fsp3) is 0.600. The fourth-order valence-corrected chi connectivity index (χ4v) is 4.35. The van der Waals surface area contributed by atoms with Crippen LogP contribution in [0.5, 0.6) is 0 Å². The number of hydrogen-bond acceptors (Lipinski definition) is 3. The zero-order valence-corrected chi connectivity index (χ0v) is 16.5. The highest BCUT2D eigenvalue weighted by Gasteiger charge is 2.40. The zero-order valence-electron chi connectivity index (χ0n) is 15.7. The molecule has 7 heteroatoms. The molecule has 0 aromatic heterocycles. The van der Waals surface area contributed by atoms with E-state index in [4.69, 9.17) is 5.73 Å². The van der Waals surface area contributed by atoms with Crippen molar-refractivity contribution in [2.24, 2.45) is 23.5 Å². The average Bonchev–Trinajstić information content (AvgIpc) is 2.60. The Morgan fingerprint density at radius 3 is 2.41 bits per heavy atom. The Balaban J connectivity index is 0.00000261. The molecule has 2 atom stereocenters. The smallest absolute Gasteiger partial charge is 0.251 e. The molecule has 2 unspecified atom stereocenters. The quantitative estimate of drug-likeness (QED) is 0.667. The highest BCUT2D eigenvalue weighted by atomic mass is 35.5. The molecule has 2 amide bonds. The molecule has 2 bridgehead atoms. The maximum Gasteiger partial charge on any atom is 0.251 e. The molecule has 3 rings (SSSR count). The van der Waals surface area contributed by atoms with Gasteiger partial charge in [-0.05, 0) is 62.1 Å². The standard InChI is InChI=1S/C20H28FN3O2.ClH/c1-12-5-6-15(11-17(12)21)19(25)23-7-8-24-20(26)16-9-13-3-2-4-14(10-16)18(13)22;/h5-6,11,13-14,16,18H,2-4,7-10,22H2,1H3,(H,23,25)(H,24,26);1H. The lowest BCUT2D eigenvalue weighted by atomic mass is 9.65. The van der Waals surface area contributed by atoms with Gasteiger partial charge in [0.1, 0.15) is 5.82 Å². The van der Waals surface area contributed by atoms with Gasteiger partial charge >= 0.3 is 0 Å². The molecule has 0 aliphatic heterocycles. The number of nitrogens with one attached hydrogen (secondary N) is 2. The molecule has 0 spiro atoms. The Morgan fingerprint density at radius 1 is 1.15 bits per heavy atom. The van der Waals surface area contributed by atoms with Crippen molar-refractivity contribution in [3.63, 3.8) is 0 Å². The van der Waals surface area contributed by atoms with Crippen LogP contribution in [0.3, 0.4) is 0 Å². The van der Waals surface area contributed by atoms with Crippen LogP contribution in [-0.2, 0) is 4.79 Å². The van der Waals surface area contributed by atoms with Gasteiger partial charge in [-0.3, -0.25) is 9.59 Å².